The smallest absolute Gasteiger partial charge is 0.416 e. The molecule has 1 aromatic heterocycles. The zero-order valence-corrected chi connectivity index (χ0v) is 16.5. The summed E-state index contributed by atoms with van der Waals surface area (Å²) in [5.41, 5.74) is 0.0929. The molecule has 10 heteroatoms. The number of halogens is 3. The van der Waals surface area contributed by atoms with E-state index in [1.165, 1.54) is 25.2 Å². The minimum Gasteiger partial charge on any atom is -0.477 e. The van der Waals surface area contributed by atoms with Gasteiger partial charge in [-0.25, -0.2) is 13.2 Å². The van der Waals surface area contributed by atoms with E-state index in [1.807, 2.05) is 0 Å². The molecule has 0 fully saturated rings. The first-order chi connectivity index (χ1) is 13.5. The average Bonchev–Trinajstić information content (AvgIpc) is 3.17. The number of carboxylic acids is 1. The van der Waals surface area contributed by atoms with Gasteiger partial charge in [0.2, 0.25) is 0 Å². The van der Waals surface area contributed by atoms with Crippen molar-refractivity contribution >= 4 is 33.0 Å². The predicted molar refractivity (Wildman–Crippen MR) is 104 cm³/mol. The van der Waals surface area contributed by atoms with Gasteiger partial charge in [0.25, 0.3) is 10.0 Å². The highest BCUT2D eigenvalue weighted by molar-refractivity contribution is 7.92. The number of nitrogens with zero attached hydrogens (tertiary/aromatic N) is 1. The van der Waals surface area contributed by atoms with Crippen LogP contribution in [-0.4, -0.2) is 26.5 Å². The molecule has 0 amide bonds. The highest BCUT2D eigenvalue weighted by Gasteiger charge is 2.31. The number of alkyl halides is 3. The molecule has 0 aliphatic carbocycles. The molecule has 0 spiro atoms. The summed E-state index contributed by atoms with van der Waals surface area (Å²) < 4.78 is 64.4. The molecular weight excluding hydrogens is 427 g/mol. The van der Waals surface area contributed by atoms with Gasteiger partial charge in [-0.15, -0.1) is 11.3 Å². The number of benzene rings is 2. The van der Waals surface area contributed by atoms with Crippen LogP contribution in [0.1, 0.15) is 15.2 Å². The SMILES string of the molecule is CN(c1ccc(-c2ccc(C(=O)O)s2)cc1)S(=O)(=O)c1ccc(C(F)(F)F)cc1. The van der Waals surface area contributed by atoms with Crippen LogP contribution in [0.3, 0.4) is 0 Å². The van der Waals surface area contributed by atoms with Crippen molar-refractivity contribution in [2.24, 2.45) is 0 Å². The fourth-order valence-electron chi connectivity index (χ4n) is 2.56. The molecule has 1 N–H and O–H groups in total. The van der Waals surface area contributed by atoms with Crippen LogP contribution in [0.25, 0.3) is 10.4 Å². The summed E-state index contributed by atoms with van der Waals surface area (Å²) in [7, 11) is -2.75. The molecular formula is C19H14F3NO4S2. The van der Waals surface area contributed by atoms with E-state index in [2.05, 4.69) is 0 Å². The molecule has 0 aliphatic heterocycles. The zero-order valence-electron chi connectivity index (χ0n) is 14.8. The van der Waals surface area contributed by atoms with Crippen molar-refractivity contribution < 1.29 is 31.5 Å². The second-order valence-corrected chi connectivity index (χ2v) is 9.06. The number of carbonyl (C=O) groups is 1. The van der Waals surface area contributed by atoms with Gasteiger partial charge in [0.15, 0.2) is 0 Å². The van der Waals surface area contributed by atoms with Gasteiger partial charge in [0.1, 0.15) is 4.88 Å². The highest BCUT2D eigenvalue weighted by atomic mass is 32.2. The summed E-state index contributed by atoms with van der Waals surface area (Å²) in [6, 6.07) is 12.8. The number of hydrogen-bond donors (Lipinski definition) is 1. The molecule has 0 unspecified atom stereocenters. The van der Waals surface area contributed by atoms with E-state index in [9.17, 15) is 26.4 Å². The standard InChI is InChI=1S/C19H14F3NO4S2/c1-23(29(26,27)15-8-4-13(5-9-15)19(20,21)22)14-6-2-12(3-7-14)16-10-11-17(28-16)18(24)25/h2-11H,1H3,(H,24,25). The van der Waals surface area contributed by atoms with Crippen molar-refractivity contribution in [3.05, 3.63) is 71.1 Å². The number of hydrogen-bond acceptors (Lipinski definition) is 4. The Morgan fingerprint density at radius 2 is 1.55 bits per heavy atom. The number of anilines is 1. The predicted octanol–water partition coefficient (Wildman–Crippen LogP) is 4.96. The Hall–Kier alpha value is -2.85. The van der Waals surface area contributed by atoms with Crippen molar-refractivity contribution in [2.45, 2.75) is 11.1 Å². The van der Waals surface area contributed by atoms with Crippen molar-refractivity contribution in [1.29, 1.82) is 0 Å². The maximum Gasteiger partial charge on any atom is 0.416 e. The lowest BCUT2D eigenvalue weighted by Gasteiger charge is -2.20. The minimum atomic E-state index is -4.55. The third-order valence-electron chi connectivity index (χ3n) is 4.17. The Kier molecular flexibility index (Phi) is 5.42. The Balaban J connectivity index is 1.85. The average molecular weight is 441 g/mol. The molecule has 0 saturated heterocycles. The zero-order chi connectivity index (χ0) is 21.4. The lowest BCUT2D eigenvalue weighted by Crippen LogP contribution is -2.26. The number of aromatic carboxylic acids is 1. The van der Waals surface area contributed by atoms with Gasteiger partial charge in [-0.3, -0.25) is 4.31 Å². The van der Waals surface area contributed by atoms with E-state index >= 15 is 0 Å². The summed E-state index contributed by atoms with van der Waals surface area (Å²) in [5, 5.41) is 9.00. The van der Waals surface area contributed by atoms with Crippen molar-refractivity contribution in [3.8, 4) is 10.4 Å². The fraction of sp³-hybridized carbons (Fsp3) is 0.105. The lowest BCUT2D eigenvalue weighted by molar-refractivity contribution is -0.137. The monoisotopic (exact) mass is 441 g/mol. The van der Waals surface area contributed by atoms with Gasteiger partial charge < -0.3 is 5.11 Å². The number of thiophene rings is 1. The summed E-state index contributed by atoms with van der Waals surface area (Å²) >= 11 is 1.09. The van der Waals surface area contributed by atoms with Gasteiger partial charge >= 0.3 is 12.1 Å². The van der Waals surface area contributed by atoms with Crippen LogP contribution in [0, 0.1) is 0 Å². The van der Waals surface area contributed by atoms with Crippen LogP contribution >= 0.6 is 11.3 Å². The van der Waals surface area contributed by atoms with Crippen LogP contribution < -0.4 is 4.31 Å². The van der Waals surface area contributed by atoms with E-state index in [0.29, 0.717) is 16.1 Å². The fourth-order valence-corrected chi connectivity index (χ4v) is 4.60. The minimum absolute atomic E-state index is 0.186. The van der Waals surface area contributed by atoms with Crippen molar-refractivity contribution in [1.82, 2.24) is 0 Å². The number of rotatable bonds is 5. The van der Waals surface area contributed by atoms with Crippen LogP contribution in [0.15, 0.2) is 65.6 Å². The van der Waals surface area contributed by atoms with Gasteiger partial charge in [0.05, 0.1) is 16.1 Å². The van der Waals surface area contributed by atoms with E-state index < -0.39 is 27.7 Å². The molecule has 0 saturated carbocycles. The maximum atomic E-state index is 12.7. The van der Waals surface area contributed by atoms with Crippen molar-refractivity contribution in [2.75, 3.05) is 11.4 Å². The Bertz CT molecular complexity index is 1140. The van der Waals surface area contributed by atoms with Crippen LogP contribution in [0.2, 0.25) is 0 Å². The lowest BCUT2D eigenvalue weighted by atomic mass is 10.2. The van der Waals surface area contributed by atoms with Gasteiger partial charge in [0, 0.05) is 11.9 Å². The van der Waals surface area contributed by atoms with Crippen LogP contribution in [0.4, 0.5) is 18.9 Å². The highest BCUT2D eigenvalue weighted by Crippen LogP contribution is 2.32. The molecule has 0 aliphatic rings. The van der Waals surface area contributed by atoms with Gasteiger partial charge in [-0.1, -0.05) is 12.1 Å². The summed E-state index contributed by atoms with van der Waals surface area (Å²) in [5.74, 6) is -1.03. The van der Waals surface area contributed by atoms with E-state index in [4.69, 9.17) is 5.11 Å². The van der Waals surface area contributed by atoms with Gasteiger partial charge in [-0.05, 0) is 54.1 Å². The first-order valence-corrected chi connectivity index (χ1v) is 10.4. The summed E-state index contributed by atoms with van der Waals surface area (Å²) in [4.78, 5) is 11.6. The third kappa shape index (κ3) is 4.28. The van der Waals surface area contributed by atoms with Gasteiger partial charge in [-0.2, -0.15) is 13.2 Å². The first kappa shape index (κ1) is 20.9. The Morgan fingerprint density at radius 3 is 2.03 bits per heavy atom. The summed E-state index contributed by atoms with van der Waals surface area (Å²) in [6.07, 6.45) is -4.55. The van der Waals surface area contributed by atoms with Crippen LogP contribution in [0.5, 0.6) is 0 Å². The number of carboxylic acid groups (broad SMARTS) is 1. The molecule has 3 aromatic rings. The molecule has 0 atom stereocenters. The molecule has 0 radical (unpaired) electrons. The van der Waals surface area contributed by atoms with Crippen LogP contribution in [-0.2, 0) is 16.2 Å². The second kappa shape index (κ2) is 7.53. The van der Waals surface area contributed by atoms with Crippen molar-refractivity contribution in [3.63, 3.8) is 0 Å². The molecule has 5 nitrogen and oxygen atoms in total. The van der Waals surface area contributed by atoms with E-state index in [0.717, 1.165) is 39.9 Å². The Labute approximate surface area is 168 Å². The molecule has 29 heavy (non-hydrogen) atoms. The topological polar surface area (TPSA) is 74.7 Å². The maximum absolute atomic E-state index is 12.7. The normalized spacial score (nSPS) is 12.0. The molecule has 152 valence electrons. The second-order valence-electron chi connectivity index (χ2n) is 6.01. The summed E-state index contributed by atoms with van der Waals surface area (Å²) in [6.45, 7) is 0. The Morgan fingerprint density at radius 1 is 0.966 bits per heavy atom. The quantitative estimate of drug-likeness (QED) is 0.608. The van der Waals surface area contributed by atoms with E-state index in [1.54, 1.807) is 18.2 Å². The molecule has 0 bridgehead atoms. The molecule has 3 rings (SSSR count). The molecule has 2 aromatic carbocycles. The largest absolute Gasteiger partial charge is 0.477 e. The molecule has 1 heterocycles. The first-order valence-electron chi connectivity index (χ1n) is 8.10. The number of sulfonamides is 1. The third-order valence-corrected chi connectivity index (χ3v) is 7.09. The van der Waals surface area contributed by atoms with E-state index in [-0.39, 0.29) is 9.77 Å².